The molecule has 2 aliphatic rings. The Bertz CT molecular complexity index is 102. The number of hydrogen-bond acceptors (Lipinski definition) is 1. The molecule has 1 nitrogen and oxygen atoms in total. The summed E-state index contributed by atoms with van der Waals surface area (Å²) < 4.78 is 0. The second kappa shape index (κ2) is 3.10. The van der Waals surface area contributed by atoms with Crippen LogP contribution in [0.5, 0.6) is 0 Å². The van der Waals surface area contributed by atoms with Crippen LogP contribution in [0.2, 0.25) is 0 Å². The van der Waals surface area contributed by atoms with E-state index in [2.05, 4.69) is 5.32 Å². The highest BCUT2D eigenvalue weighted by atomic mass is 35.5. The van der Waals surface area contributed by atoms with E-state index in [1.54, 1.807) is 0 Å². The Labute approximate surface area is 69.0 Å². The fraction of sp³-hybridized carbons (Fsp3) is 1.00. The van der Waals surface area contributed by atoms with Gasteiger partial charge in [-0.1, -0.05) is 19.3 Å². The molecule has 1 spiro atoms. The van der Waals surface area contributed by atoms with E-state index in [1.807, 2.05) is 0 Å². The van der Waals surface area contributed by atoms with Crippen molar-refractivity contribution in [3.05, 3.63) is 0 Å². The lowest BCUT2D eigenvalue weighted by molar-refractivity contribution is 0.107. The highest BCUT2D eigenvalue weighted by Crippen LogP contribution is 2.38. The molecule has 2 fully saturated rings. The Morgan fingerprint density at radius 1 is 0.900 bits per heavy atom. The van der Waals surface area contributed by atoms with Gasteiger partial charge in [-0.3, -0.25) is 0 Å². The maximum atomic E-state index is 3.37. The third kappa shape index (κ3) is 1.30. The Balaban J connectivity index is 0.000000500. The minimum absolute atomic E-state index is 0. The van der Waals surface area contributed by atoms with Gasteiger partial charge in [-0.15, -0.1) is 12.4 Å². The van der Waals surface area contributed by atoms with Crippen LogP contribution in [-0.4, -0.2) is 13.1 Å². The lowest BCUT2D eigenvalue weighted by Gasteiger charge is -2.45. The standard InChI is InChI=1S/C8H15N.ClH/c1-2-4-8(5-3-1)6-9-7-8;/h9H,1-7H2;1H. The lowest BCUT2D eigenvalue weighted by Crippen LogP contribution is -2.54. The van der Waals surface area contributed by atoms with E-state index in [0.717, 1.165) is 5.41 Å². The zero-order valence-corrected chi connectivity index (χ0v) is 7.17. The van der Waals surface area contributed by atoms with E-state index >= 15 is 0 Å². The third-order valence-electron chi connectivity index (χ3n) is 2.91. The van der Waals surface area contributed by atoms with Crippen molar-refractivity contribution >= 4 is 12.4 Å². The van der Waals surface area contributed by atoms with Crippen LogP contribution in [0.15, 0.2) is 0 Å². The third-order valence-corrected chi connectivity index (χ3v) is 2.91. The predicted molar refractivity (Wildman–Crippen MR) is 45.6 cm³/mol. The average Bonchev–Trinajstić information content (AvgIpc) is 1.87. The summed E-state index contributed by atoms with van der Waals surface area (Å²) in [5, 5.41) is 3.37. The first kappa shape index (κ1) is 8.35. The molecular weight excluding hydrogens is 146 g/mol. The van der Waals surface area contributed by atoms with Gasteiger partial charge in [0.2, 0.25) is 0 Å². The van der Waals surface area contributed by atoms with Crippen LogP contribution >= 0.6 is 12.4 Å². The Morgan fingerprint density at radius 2 is 1.50 bits per heavy atom. The summed E-state index contributed by atoms with van der Waals surface area (Å²) in [6, 6.07) is 0. The molecule has 0 aromatic rings. The molecule has 2 rings (SSSR count). The molecule has 0 aromatic carbocycles. The zero-order chi connectivity index (χ0) is 6.16. The van der Waals surface area contributed by atoms with Crippen molar-refractivity contribution in [3.8, 4) is 0 Å². The first-order chi connectivity index (χ1) is 4.41. The number of nitrogens with one attached hydrogen (secondary N) is 1. The van der Waals surface area contributed by atoms with Crippen molar-refractivity contribution in [1.82, 2.24) is 5.32 Å². The summed E-state index contributed by atoms with van der Waals surface area (Å²) in [5.41, 5.74) is 0.790. The van der Waals surface area contributed by atoms with Crippen LogP contribution in [0.25, 0.3) is 0 Å². The quantitative estimate of drug-likeness (QED) is 0.573. The zero-order valence-electron chi connectivity index (χ0n) is 6.36. The largest absolute Gasteiger partial charge is 0.316 e. The van der Waals surface area contributed by atoms with Gasteiger partial charge in [0.05, 0.1) is 0 Å². The molecule has 1 heterocycles. The molecule has 0 aromatic heterocycles. The minimum Gasteiger partial charge on any atom is -0.316 e. The van der Waals surface area contributed by atoms with Gasteiger partial charge < -0.3 is 5.32 Å². The van der Waals surface area contributed by atoms with Crippen molar-refractivity contribution < 1.29 is 0 Å². The second-order valence-corrected chi connectivity index (χ2v) is 3.66. The van der Waals surface area contributed by atoms with Crippen LogP contribution in [0.4, 0.5) is 0 Å². The van der Waals surface area contributed by atoms with Gasteiger partial charge in [-0.2, -0.15) is 0 Å². The van der Waals surface area contributed by atoms with E-state index in [1.165, 1.54) is 45.2 Å². The van der Waals surface area contributed by atoms with Gasteiger partial charge in [-0.05, 0) is 18.3 Å². The molecule has 0 radical (unpaired) electrons. The monoisotopic (exact) mass is 161 g/mol. The molecule has 2 heteroatoms. The maximum Gasteiger partial charge on any atom is 0.00202 e. The van der Waals surface area contributed by atoms with Gasteiger partial charge in [0, 0.05) is 13.1 Å². The summed E-state index contributed by atoms with van der Waals surface area (Å²) >= 11 is 0. The van der Waals surface area contributed by atoms with Crippen LogP contribution in [-0.2, 0) is 0 Å². The fourth-order valence-electron chi connectivity index (χ4n) is 2.13. The Morgan fingerprint density at radius 3 is 1.80 bits per heavy atom. The highest BCUT2D eigenvalue weighted by Gasteiger charge is 2.37. The van der Waals surface area contributed by atoms with Crippen LogP contribution in [0.1, 0.15) is 32.1 Å². The Hall–Kier alpha value is 0.250. The van der Waals surface area contributed by atoms with Gasteiger partial charge in [0.1, 0.15) is 0 Å². The van der Waals surface area contributed by atoms with Crippen LogP contribution in [0, 0.1) is 5.41 Å². The first-order valence-electron chi connectivity index (χ1n) is 4.12. The highest BCUT2D eigenvalue weighted by molar-refractivity contribution is 5.85. The van der Waals surface area contributed by atoms with E-state index in [9.17, 15) is 0 Å². The molecule has 1 saturated heterocycles. The summed E-state index contributed by atoms with van der Waals surface area (Å²) in [6.07, 6.45) is 7.46. The molecule has 60 valence electrons. The van der Waals surface area contributed by atoms with Crippen molar-refractivity contribution in [2.75, 3.05) is 13.1 Å². The van der Waals surface area contributed by atoms with Gasteiger partial charge in [0.25, 0.3) is 0 Å². The molecule has 0 atom stereocenters. The number of rotatable bonds is 0. The van der Waals surface area contributed by atoms with Crippen molar-refractivity contribution in [2.24, 2.45) is 5.41 Å². The van der Waals surface area contributed by atoms with Crippen molar-refractivity contribution in [1.29, 1.82) is 0 Å². The van der Waals surface area contributed by atoms with Crippen molar-refractivity contribution in [2.45, 2.75) is 32.1 Å². The van der Waals surface area contributed by atoms with Gasteiger partial charge in [0.15, 0.2) is 0 Å². The SMILES string of the molecule is C1CCC2(CC1)CNC2.Cl. The van der Waals surface area contributed by atoms with Gasteiger partial charge in [-0.25, -0.2) is 0 Å². The molecule has 1 aliphatic carbocycles. The smallest absolute Gasteiger partial charge is 0.00202 e. The van der Waals surface area contributed by atoms with E-state index in [4.69, 9.17) is 0 Å². The summed E-state index contributed by atoms with van der Waals surface area (Å²) in [5.74, 6) is 0. The van der Waals surface area contributed by atoms with E-state index < -0.39 is 0 Å². The van der Waals surface area contributed by atoms with E-state index in [-0.39, 0.29) is 12.4 Å². The predicted octanol–water partition coefficient (Wildman–Crippen LogP) is 1.96. The second-order valence-electron chi connectivity index (χ2n) is 3.66. The molecular formula is C8H16ClN. The maximum absolute atomic E-state index is 3.37. The fourth-order valence-corrected chi connectivity index (χ4v) is 2.13. The number of hydrogen-bond donors (Lipinski definition) is 1. The van der Waals surface area contributed by atoms with Crippen LogP contribution < -0.4 is 5.32 Å². The minimum atomic E-state index is 0. The molecule has 1 aliphatic heterocycles. The van der Waals surface area contributed by atoms with Crippen molar-refractivity contribution in [3.63, 3.8) is 0 Å². The lowest BCUT2D eigenvalue weighted by atomic mass is 9.70. The normalized spacial score (nSPS) is 28.8. The summed E-state index contributed by atoms with van der Waals surface area (Å²) in [7, 11) is 0. The number of halogens is 1. The average molecular weight is 162 g/mol. The molecule has 1 saturated carbocycles. The molecule has 0 unspecified atom stereocenters. The molecule has 1 N–H and O–H groups in total. The summed E-state index contributed by atoms with van der Waals surface area (Å²) in [4.78, 5) is 0. The molecule has 0 bridgehead atoms. The molecule has 0 amide bonds. The Kier molecular flexibility index (Phi) is 2.59. The molecule has 10 heavy (non-hydrogen) atoms. The van der Waals surface area contributed by atoms with Gasteiger partial charge >= 0.3 is 0 Å². The first-order valence-corrected chi connectivity index (χ1v) is 4.12. The summed E-state index contributed by atoms with van der Waals surface area (Å²) in [6.45, 7) is 2.62. The van der Waals surface area contributed by atoms with Crippen LogP contribution in [0.3, 0.4) is 0 Å². The topological polar surface area (TPSA) is 12.0 Å². The van der Waals surface area contributed by atoms with E-state index in [0.29, 0.717) is 0 Å².